The Hall–Kier alpha value is -1.76. The molecule has 2 aromatic heterocycles. The number of nitrogens with zero attached hydrogens (tertiary/aromatic N) is 2. The van der Waals surface area contributed by atoms with Gasteiger partial charge < -0.3 is 0 Å². The van der Waals surface area contributed by atoms with Crippen molar-refractivity contribution in [3.8, 4) is 0 Å². The lowest BCUT2D eigenvalue weighted by atomic mass is 10.2. The van der Waals surface area contributed by atoms with E-state index in [1.165, 1.54) is 9.13 Å². The fraction of sp³-hybridized carbons (Fsp3) is 0.462. The Kier molecular flexibility index (Phi) is 3.08. The summed E-state index contributed by atoms with van der Waals surface area (Å²) in [6.07, 6.45) is 2.26. The zero-order valence-corrected chi connectivity index (χ0v) is 11.7. The van der Waals surface area contributed by atoms with E-state index in [0.29, 0.717) is 26.9 Å². The van der Waals surface area contributed by atoms with Gasteiger partial charge in [0.2, 0.25) is 0 Å². The molecule has 5 nitrogen and oxygen atoms in total. The number of carbonyl (C=O) groups excluding carboxylic acids is 1. The highest BCUT2D eigenvalue weighted by Crippen LogP contribution is 2.33. The number of aldehydes is 1. The van der Waals surface area contributed by atoms with Crippen LogP contribution in [0.3, 0.4) is 0 Å². The number of thiophene rings is 1. The van der Waals surface area contributed by atoms with Crippen molar-refractivity contribution in [1.29, 1.82) is 0 Å². The highest BCUT2D eigenvalue weighted by Gasteiger charge is 2.30. The Morgan fingerprint density at radius 1 is 1.40 bits per heavy atom. The SMILES string of the molecule is Cc1c(C=O)sc2c1c(=O)n(C1CC1)c(=O)n2CCF. The maximum absolute atomic E-state index is 12.7. The Labute approximate surface area is 117 Å². The molecular formula is C13H13FN2O3S. The second-order valence-corrected chi connectivity index (χ2v) is 5.95. The minimum absolute atomic E-state index is 0.0794. The first-order valence-electron chi connectivity index (χ1n) is 6.39. The topological polar surface area (TPSA) is 61.1 Å². The summed E-state index contributed by atoms with van der Waals surface area (Å²) < 4.78 is 15.2. The number of aryl methyl sites for hydroxylation is 2. The van der Waals surface area contributed by atoms with Crippen LogP contribution in [0.1, 0.15) is 34.1 Å². The molecule has 106 valence electrons. The van der Waals surface area contributed by atoms with E-state index in [-0.39, 0.29) is 18.1 Å². The van der Waals surface area contributed by atoms with Crippen molar-refractivity contribution in [1.82, 2.24) is 9.13 Å². The van der Waals surface area contributed by atoms with Gasteiger partial charge in [0.05, 0.1) is 16.8 Å². The largest absolute Gasteiger partial charge is 0.332 e. The van der Waals surface area contributed by atoms with Gasteiger partial charge in [0.1, 0.15) is 11.5 Å². The quantitative estimate of drug-likeness (QED) is 0.806. The van der Waals surface area contributed by atoms with Gasteiger partial charge in [-0.1, -0.05) is 0 Å². The third kappa shape index (κ3) is 1.76. The van der Waals surface area contributed by atoms with Crippen molar-refractivity contribution in [2.75, 3.05) is 6.67 Å². The molecule has 1 aliphatic rings. The Morgan fingerprint density at radius 2 is 2.10 bits per heavy atom. The summed E-state index contributed by atoms with van der Waals surface area (Å²) in [5.41, 5.74) is -0.252. The van der Waals surface area contributed by atoms with Crippen LogP contribution >= 0.6 is 11.3 Å². The smallest absolute Gasteiger partial charge is 0.297 e. The summed E-state index contributed by atoms with van der Waals surface area (Å²) in [6.45, 7) is 0.900. The van der Waals surface area contributed by atoms with Crippen LogP contribution in [0.15, 0.2) is 9.59 Å². The average Bonchev–Trinajstić information content (AvgIpc) is 3.18. The number of hydrogen-bond donors (Lipinski definition) is 0. The fourth-order valence-electron chi connectivity index (χ4n) is 2.43. The van der Waals surface area contributed by atoms with Crippen LogP contribution in [0.5, 0.6) is 0 Å². The minimum atomic E-state index is -0.689. The van der Waals surface area contributed by atoms with E-state index in [4.69, 9.17) is 0 Å². The van der Waals surface area contributed by atoms with Crippen LogP contribution in [-0.4, -0.2) is 22.1 Å². The molecule has 2 heterocycles. The number of fused-ring (bicyclic) bond motifs is 1. The van der Waals surface area contributed by atoms with Gasteiger partial charge in [-0.2, -0.15) is 0 Å². The lowest BCUT2D eigenvalue weighted by Crippen LogP contribution is -2.39. The molecule has 1 fully saturated rings. The first kappa shape index (κ1) is 13.2. The van der Waals surface area contributed by atoms with E-state index in [1.54, 1.807) is 6.92 Å². The van der Waals surface area contributed by atoms with E-state index in [9.17, 15) is 18.8 Å². The van der Waals surface area contributed by atoms with E-state index >= 15 is 0 Å². The second-order valence-electron chi connectivity index (χ2n) is 4.92. The summed E-state index contributed by atoms with van der Waals surface area (Å²) in [6, 6.07) is -0.0794. The maximum atomic E-state index is 12.7. The van der Waals surface area contributed by atoms with Crippen LogP contribution in [0.4, 0.5) is 4.39 Å². The molecule has 0 bridgehead atoms. The van der Waals surface area contributed by atoms with Gasteiger partial charge in [-0.15, -0.1) is 11.3 Å². The number of aromatic nitrogens is 2. The van der Waals surface area contributed by atoms with Crippen molar-refractivity contribution in [2.45, 2.75) is 32.4 Å². The molecule has 0 aromatic carbocycles. The lowest BCUT2D eigenvalue weighted by molar-refractivity contribution is 0.112. The second kappa shape index (κ2) is 4.66. The Morgan fingerprint density at radius 3 is 2.65 bits per heavy atom. The first-order valence-corrected chi connectivity index (χ1v) is 7.21. The average molecular weight is 296 g/mol. The molecule has 0 N–H and O–H groups in total. The minimum Gasteiger partial charge on any atom is -0.297 e. The molecule has 20 heavy (non-hydrogen) atoms. The van der Waals surface area contributed by atoms with Crippen molar-refractivity contribution in [2.24, 2.45) is 0 Å². The predicted octanol–water partition coefficient (Wildman–Crippen LogP) is 1.65. The van der Waals surface area contributed by atoms with E-state index in [1.807, 2.05) is 0 Å². The number of carbonyl (C=O) groups is 1. The highest BCUT2D eigenvalue weighted by molar-refractivity contribution is 7.20. The van der Waals surface area contributed by atoms with Crippen molar-refractivity contribution in [3.05, 3.63) is 31.3 Å². The van der Waals surface area contributed by atoms with Gasteiger partial charge in [-0.05, 0) is 25.3 Å². The zero-order chi connectivity index (χ0) is 14.4. The number of alkyl halides is 1. The van der Waals surface area contributed by atoms with Crippen LogP contribution in [0.2, 0.25) is 0 Å². The van der Waals surface area contributed by atoms with Gasteiger partial charge in [-0.3, -0.25) is 18.7 Å². The van der Waals surface area contributed by atoms with Crippen LogP contribution in [0, 0.1) is 6.92 Å². The Balaban J connectivity index is 2.48. The number of hydrogen-bond acceptors (Lipinski definition) is 4. The molecule has 3 rings (SSSR count). The monoisotopic (exact) mass is 296 g/mol. The van der Waals surface area contributed by atoms with E-state index < -0.39 is 12.4 Å². The zero-order valence-electron chi connectivity index (χ0n) is 10.9. The molecule has 0 unspecified atom stereocenters. The van der Waals surface area contributed by atoms with E-state index in [2.05, 4.69) is 0 Å². The maximum Gasteiger partial charge on any atom is 0.332 e. The normalized spacial score (nSPS) is 14.9. The standard InChI is InChI=1S/C13H13FN2O3S/c1-7-9(6-17)20-12-10(7)11(18)16(8-2-3-8)13(19)15(12)5-4-14/h6,8H,2-5H2,1H3. The molecule has 1 saturated carbocycles. The molecule has 0 saturated heterocycles. The van der Waals surface area contributed by atoms with Gasteiger partial charge in [0.25, 0.3) is 5.56 Å². The summed E-state index contributed by atoms with van der Waals surface area (Å²) >= 11 is 1.07. The van der Waals surface area contributed by atoms with Gasteiger partial charge in [0.15, 0.2) is 6.29 Å². The van der Waals surface area contributed by atoms with Gasteiger partial charge in [0, 0.05) is 6.04 Å². The summed E-state index contributed by atoms with van der Waals surface area (Å²) in [4.78, 5) is 36.7. The van der Waals surface area contributed by atoms with Crippen molar-refractivity contribution in [3.63, 3.8) is 0 Å². The number of rotatable bonds is 4. The summed E-state index contributed by atoms with van der Waals surface area (Å²) in [7, 11) is 0. The molecule has 2 aromatic rings. The predicted molar refractivity (Wildman–Crippen MR) is 74.7 cm³/mol. The number of halogens is 1. The molecule has 0 radical (unpaired) electrons. The van der Waals surface area contributed by atoms with Crippen LogP contribution in [0.25, 0.3) is 10.2 Å². The fourth-order valence-corrected chi connectivity index (χ4v) is 3.56. The van der Waals surface area contributed by atoms with Crippen molar-refractivity contribution >= 4 is 27.8 Å². The van der Waals surface area contributed by atoms with E-state index in [0.717, 1.165) is 24.2 Å². The molecule has 7 heteroatoms. The van der Waals surface area contributed by atoms with Crippen molar-refractivity contribution < 1.29 is 9.18 Å². The lowest BCUT2D eigenvalue weighted by Gasteiger charge is -2.09. The summed E-state index contributed by atoms with van der Waals surface area (Å²) in [5, 5.41) is 0.372. The first-order chi connectivity index (χ1) is 9.60. The highest BCUT2D eigenvalue weighted by atomic mass is 32.1. The molecule has 0 spiro atoms. The van der Waals surface area contributed by atoms with Gasteiger partial charge >= 0.3 is 5.69 Å². The Bertz CT molecular complexity index is 814. The van der Waals surface area contributed by atoms with Gasteiger partial charge in [-0.25, -0.2) is 9.18 Å². The molecule has 0 aliphatic heterocycles. The molecule has 1 aliphatic carbocycles. The molecule has 0 atom stereocenters. The third-order valence-electron chi connectivity index (χ3n) is 3.61. The summed E-state index contributed by atoms with van der Waals surface area (Å²) in [5.74, 6) is 0. The third-order valence-corrected chi connectivity index (χ3v) is 4.85. The van der Waals surface area contributed by atoms with Crippen LogP contribution < -0.4 is 11.2 Å². The van der Waals surface area contributed by atoms with Crippen LogP contribution in [-0.2, 0) is 6.54 Å². The molecular weight excluding hydrogens is 283 g/mol. The molecule has 0 amide bonds.